The molecule has 0 atom stereocenters. The molecule has 0 saturated heterocycles. The molecular formula is C15H14Hf+2. The standard InChI is InChI=1S/C15H14.Hf/c1-12-7-6-10-15(13(12)2)11-14-8-4-3-5-9-14;/h3-10H,1-2H3;/q;+2. The van der Waals surface area contributed by atoms with Crippen LogP contribution in [0.1, 0.15) is 22.3 Å². The van der Waals surface area contributed by atoms with Gasteiger partial charge < -0.3 is 0 Å². The van der Waals surface area contributed by atoms with E-state index in [1.54, 1.807) is 0 Å². The van der Waals surface area contributed by atoms with Crippen molar-refractivity contribution in [1.29, 1.82) is 0 Å². The fraction of sp³-hybridized carbons (Fsp3) is 0.133. The Balaban J connectivity index is 2.46. The van der Waals surface area contributed by atoms with Gasteiger partial charge in [-0.15, -0.1) is 0 Å². The second-order valence-corrected chi connectivity index (χ2v) is 5.78. The molecule has 0 radical (unpaired) electrons. The van der Waals surface area contributed by atoms with Gasteiger partial charge in [0.15, 0.2) is 0 Å². The molecule has 76 valence electrons. The Morgan fingerprint density at radius 3 is 2.25 bits per heavy atom. The van der Waals surface area contributed by atoms with Gasteiger partial charge in [-0.3, -0.25) is 0 Å². The first kappa shape index (κ1) is 11.7. The van der Waals surface area contributed by atoms with Crippen LogP contribution < -0.4 is 0 Å². The van der Waals surface area contributed by atoms with Crippen LogP contribution in [0.25, 0.3) is 0 Å². The Bertz CT molecular complexity index is 512. The van der Waals surface area contributed by atoms with E-state index < -0.39 is 0 Å². The van der Waals surface area contributed by atoms with Crippen molar-refractivity contribution >= 4 is 3.26 Å². The van der Waals surface area contributed by atoms with Gasteiger partial charge in [-0.2, -0.15) is 0 Å². The van der Waals surface area contributed by atoms with Crippen molar-refractivity contribution in [3.05, 3.63) is 70.8 Å². The van der Waals surface area contributed by atoms with Crippen molar-refractivity contribution in [3.63, 3.8) is 0 Å². The molecule has 0 N–H and O–H groups in total. The molecule has 0 amide bonds. The number of rotatable bonds is 2. The van der Waals surface area contributed by atoms with E-state index in [-0.39, 0.29) is 0 Å². The van der Waals surface area contributed by atoms with Gasteiger partial charge in [-0.1, -0.05) is 0 Å². The maximum absolute atomic E-state index is 2.23. The minimum atomic E-state index is 1.08. The Hall–Kier alpha value is -0.820. The van der Waals surface area contributed by atoms with Gasteiger partial charge in [0, 0.05) is 0 Å². The summed E-state index contributed by atoms with van der Waals surface area (Å²) in [6.45, 7) is 4.39. The number of benzene rings is 2. The van der Waals surface area contributed by atoms with Crippen LogP contribution >= 0.6 is 0 Å². The Kier molecular flexibility index (Phi) is 3.65. The van der Waals surface area contributed by atoms with E-state index in [1.165, 1.54) is 25.5 Å². The summed E-state index contributed by atoms with van der Waals surface area (Å²) in [5.41, 5.74) is 5.57. The monoisotopic (exact) mass is 374 g/mol. The first-order chi connectivity index (χ1) is 7.70. The van der Waals surface area contributed by atoms with Gasteiger partial charge in [0.2, 0.25) is 0 Å². The molecule has 0 nitrogen and oxygen atoms in total. The molecule has 2 rings (SSSR count). The van der Waals surface area contributed by atoms with Gasteiger partial charge in [0.25, 0.3) is 0 Å². The summed E-state index contributed by atoms with van der Waals surface area (Å²) in [7, 11) is 0. The SMILES string of the molecule is Cc1cccc([C](=[Hf+2])c2ccccc2)c1C. The second kappa shape index (κ2) is 5.01. The molecule has 2 aromatic rings. The maximum atomic E-state index is 2.23. The first-order valence-corrected chi connectivity index (χ1v) is 7.20. The van der Waals surface area contributed by atoms with Crippen molar-refractivity contribution in [2.45, 2.75) is 13.8 Å². The molecular weight excluding hydrogens is 359 g/mol. The Morgan fingerprint density at radius 1 is 0.875 bits per heavy atom. The third-order valence-electron chi connectivity index (χ3n) is 2.94. The third kappa shape index (κ3) is 2.30. The van der Waals surface area contributed by atoms with Crippen LogP contribution in [0.5, 0.6) is 0 Å². The third-order valence-corrected chi connectivity index (χ3v) is 4.94. The number of hydrogen-bond donors (Lipinski definition) is 0. The summed E-state index contributed by atoms with van der Waals surface area (Å²) in [6.07, 6.45) is 0. The van der Waals surface area contributed by atoms with Crippen molar-refractivity contribution < 1.29 is 23.9 Å². The van der Waals surface area contributed by atoms with Crippen LogP contribution in [0.4, 0.5) is 0 Å². The van der Waals surface area contributed by atoms with E-state index in [9.17, 15) is 0 Å². The first-order valence-electron chi connectivity index (χ1n) is 5.40. The molecule has 0 fully saturated rings. The van der Waals surface area contributed by atoms with Crippen molar-refractivity contribution in [2.24, 2.45) is 0 Å². The fourth-order valence-corrected chi connectivity index (χ4v) is 3.35. The van der Waals surface area contributed by atoms with Crippen molar-refractivity contribution in [1.82, 2.24) is 0 Å². The van der Waals surface area contributed by atoms with E-state index in [4.69, 9.17) is 0 Å². The number of aryl methyl sites for hydroxylation is 1. The average Bonchev–Trinajstić information content (AvgIpc) is 2.33. The van der Waals surface area contributed by atoms with Crippen LogP contribution in [-0.2, 0) is 23.9 Å². The van der Waals surface area contributed by atoms with E-state index in [2.05, 4.69) is 62.4 Å². The van der Waals surface area contributed by atoms with Crippen molar-refractivity contribution in [2.75, 3.05) is 0 Å². The fourth-order valence-electron chi connectivity index (χ4n) is 1.78. The summed E-state index contributed by atoms with van der Waals surface area (Å²) in [6, 6.07) is 17.3. The van der Waals surface area contributed by atoms with Gasteiger partial charge in [-0.05, 0) is 0 Å². The Labute approximate surface area is 111 Å². The van der Waals surface area contributed by atoms with E-state index in [0.717, 1.165) is 23.9 Å². The van der Waals surface area contributed by atoms with Crippen LogP contribution in [0.3, 0.4) is 0 Å². The molecule has 0 spiro atoms. The zero-order chi connectivity index (χ0) is 11.5. The normalized spacial score (nSPS) is 10.2. The topological polar surface area (TPSA) is 0 Å². The zero-order valence-corrected chi connectivity index (χ0v) is 13.2. The average molecular weight is 373 g/mol. The van der Waals surface area contributed by atoms with Crippen LogP contribution in [-0.4, -0.2) is 3.26 Å². The molecule has 0 aliphatic carbocycles. The van der Waals surface area contributed by atoms with Gasteiger partial charge >= 0.3 is 112 Å². The van der Waals surface area contributed by atoms with Gasteiger partial charge in [0.1, 0.15) is 0 Å². The molecule has 0 bridgehead atoms. The van der Waals surface area contributed by atoms with E-state index in [1.807, 2.05) is 0 Å². The van der Waals surface area contributed by atoms with Gasteiger partial charge in [0.05, 0.1) is 0 Å². The minimum absolute atomic E-state index is 1.08. The van der Waals surface area contributed by atoms with E-state index in [0.29, 0.717) is 0 Å². The van der Waals surface area contributed by atoms with Crippen molar-refractivity contribution in [3.8, 4) is 0 Å². The zero-order valence-electron chi connectivity index (χ0n) is 9.62. The molecule has 0 unspecified atom stereocenters. The molecule has 0 saturated carbocycles. The van der Waals surface area contributed by atoms with Crippen LogP contribution in [0.2, 0.25) is 0 Å². The van der Waals surface area contributed by atoms with E-state index >= 15 is 0 Å². The Morgan fingerprint density at radius 2 is 1.56 bits per heavy atom. The summed E-state index contributed by atoms with van der Waals surface area (Å²) in [5.74, 6) is 0. The molecule has 1 heteroatoms. The molecule has 16 heavy (non-hydrogen) atoms. The summed E-state index contributed by atoms with van der Waals surface area (Å²) in [5, 5.41) is 0. The predicted octanol–water partition coefficient (Wildman–Crippen LogP) is 3.42. The predicted molar refractivity (Wildman–Crippen MR) is 65.6 cm³/mol. The van der Waals surface area contributed by atoms with Crippen LogP contribution in [0.15, 0.2) is 48.5 Å². The summed E-state index contributed by atoms with van der Waals surface area (Å²) in [4.78, 5) is 0. The molecule has 0 aromatic heterocycles. The summed E-state index contributed by atoms with van der Waals surface area (Å²) >= 11 is 1.08. The quantitative estimate of drug-likeness (QED) is 0.709. The van der Waals surface area contributed by atoms with Crippen LogP contribution in [0, 0.1) is 13.8 Å². The second-order valence-electron chi connectivity index (χ2n) is 3.99. The van der Waals surface area contributed by atoms with Gasteiger partial charge in [-0.25, -0.2) is 0 Å². The number of hydrogen-bond acceptors (Lipinski definition) is 0. The molecule has 0 aliphatic heterocycles. The molecule has 0 aliphatic rings. The molecule has 0 heterocycles. The summed E-state index contributed by atoms with van der Waals surface area (Å²) < 4.78 is 1.49. The molecule has 2 aromatic carbocycles.